The molecule has 2 aliphatic rings. The van der Waals surface area contributed by atoms with Gasteiger partial charge in [-0.05, 0) is 85.0 Å². The normalized spacial score (nSPS) is 20.2. The summed E-state index contributed by atoms with van der Waals surface area (Å²) in [7, 11) is 1.85. The minimum Gasteiger partial charge on any atom is -0.445 e. The average molecular weight is 629 g/mol. The highest BCUT2D eigenvalue weighted by Gasteiger charge is 2.40. The second kappa shape index (κ2) is 15.1. The summed E-state index contributed by atoms with van der Waals surface area (Å²) in [6, 6.07) is 22.3. The molecule has 0 bridgehead atoms. The molecule has 2 amide bonds. The highest BCUT2D eigenvalue weighted by Crippen LogP contribution is 2.42. The summed E-state index contributed by atoms with van der Waals surface area (Å²) in [5, 5.41) is 10.9. The first-order valence-electron chi connectivity index (χ1n) is 15.8. The van der Waals surface area contributed by atoms with Crippen LogP contribution in [0.3, 0.4) is 0 Å². The highest BCUT2D eigenvalue weighted by atomic mass is 19.1. The zero-order valence-electron chi connectivity index (χ0n) is 26.2. The number of piperidine rings is 1. The van der Waals surface area contributed by atoms with Crippen LogP contribution in [0.25, 0.3) is 0 Å². The van der Waals surface area contributed by atoms with Gasteiger partial charge in [0.1, 0.15) is 12.4 Å². The van der Waals surface area contributed by atoms with Crippen molar-refractivity contribution in [1.29, 1.82) is 0 Å². The Morgan fingerprint density at radius 1 is 1.00 bits per heavy atom. The number of nitrogens with zero attached hydrogens (tertiary/aromatic N) is 4. The minimum absolute atomic E-state index is 0.0103. The third-order valence-corrected chi connectivity index (χ3v) is 9.42. The Morgan fingerprint density at radius 2 is 1.67 bits per heavy atom. The first-order chi connectivity index (χ1) is 22.2. The fourth-order valence-corrected chi connectivity index (χ4v) is 6.88. The monoisotopic (exact) mass is 628 g/mol. The van der Waals surface area contributed by atoms with Crippen molar-refractivity contribution in [3.8, 4) is 0 Å². The molecule has 2 fully saturated rings. The Kier molecular flexibility index (Phi) is 10.8. The van der Waals surface area contributed by atoms with Gasteiger partial charge >= 0.3 is 6.09 Å². The van der Waals surface area contributed by atoms with E-state index in [-0.39, 0.29) is 36.1 Å². The van der Waals surface area contributed by atoms with Crippen LogP contribution in [0, 0.1) is 21.8 Å². The molecule has 0 N–H and O–H groups in total. The fourth-order valence-electron chi connectivity index (χ4n) is 6.88. The molecule has 0 radical (unpaired) electrons. The van der Waals surface area contributed by atoms with E-state index in [4.69, 9.17) is 4.74 Å². The Hall–Kier alpha value is -4.57. The van der Waals surface area contributed by atoms with Gasteiger partial charge in [-0.15, -0.1) is 6.58 Å². The lowest BCUT2D eigenvalue weighted by atomic mass is 9.88. The molecule has 5 rings (SSSR count). The van der Waals surface area contributed by atoms with Crippen molar-refractivity contribution < 1.29 is 23.6 Å². The van der Waals surface area contributed by atoms with E-state index in [1.165, 1.54) is 29.8 Å². The van der Waals surface area contributed by atoms with Gasteiger partial charge in [0, 0.05) is 63.0 Å². The zero-order chi connectivity index (χ0) is 32.6. The second-order valence-electron chi connectivity index (χ2n) is 12.3. The van der Waals surface area contributed by atoms with Gasteiger partial charge in [-0.3, -0.25) is 14.9 Å². The standard InChI is InChI=1S/C36H41FN4O5/c1-3-19-40(36(43)46-25-26-9-15-32(16-10-26)41(44)45)31-17-20-39(21-18-31)24-29-22-33(23-34(29)27-7-5-4-6-8-27)38(2)35(42)28-11-13-30(37)14-12-28/h3-16,29,31,33-34H,1,17-25H2,2H3/t29-,33+,34-/m1/s1. The predicted molar refractivity (Wildman–Crippen MR) is 174 cm³/mol. The van der Waals surface area contributed by atoms with Crippen LogP contribution in [0.5, 0.6) is 0 Å². The number of rotatable bonds is 11. The van der Waals surface area contributed by atoms with Crippen molar-refractivity contribution in [2.75, 3.05) is 33.2 Å². The number of hydrogen-bond donors (Lipinski definition) is 0. The van der Waals surface area contributed by atoms with E-state index < -0.39 is 11.0 Å². The predicted octanol–water partition coefficient (Wildman–Crippen LogP) is 6.66. The number of amides is 2. The number of nitro benzene ring substituents is 1. The number of benzene rings is 3. The van der Waals surface area contributed by atoms with E-state index in [1.807, 2.05) is 18.0 Å². The zero-order valence-corrected chi connectivity index (χ0v) is 26.2. The Labute approximate surface area is 269 Å². The lowest BCUT2D eigenvalue weighted by Gasteiger charge is -2.39. The summed E-state index contributed by atoms with van der Waals surface area (Å²) >= 11 is 0. The summed E-state index contributed by atoms with van der Waals surface area (Å²) in [4.78, 5) is 42.8. The third kappa shape index (κ3) is 7.98. The van der Waals surface area contributed by atoms with Gasteiger partial charge < -0.3 is 19.4 Å². The van der Waals surface area contributed by atoms with Gasteiger partial charge in [-0.1, -0.05) is 36.4 Å². The van der Waals surface area contributed by atoms with Crippen LogP contribution in [0.1, 0.15) is 53.1 Å². The van der Waals surface area contributed by atoms with Crippen molar-refractivity contribution in [3.05, 3.63) is 124 Å². The SMILES string of the molecule is C=CCN(C(=O)OCc1ccc([N+](=O)[O-])cc1)C1CCN(C[C@H]2C[C@H](N(C)C(=O)c3ccc(F)cc3)C[C@@H]2c2ccccc2)CC1. The molecule has 0 unspecified atom stereocenters. The van der Waals surface area contributed by atoms with Crippen LogP contribution in [-0.4, -0.2) is 76.9 Å². The molecule has 1 saturated carbocycles. The summed E-state index contributed by atoms with van der Waals surface area (Å²) in [5.41, 5.74) is 2.44. The van der Waals surface area contributed by atoms with E-state index in [2.05, 4.69) is 35.7 Å². The van der Waals surface area contributed by atoms with E-state index in [1.54, 1.807) is 35.2 Å². The molecular formula is C36H41FN4O5. The van der Waals surface area contributed by atoms with E-state index in [9.17, 15) is 24.1 Å². The van der Waals surface area contributed by atoms with Gasteiger partial charge in [0.05, 0.1) is 4.92 Å². The van der Waals surface area contributed by atoms with E-state index in [0.717, 1.165) is 45.3 Å². The first-order valence-corrected chi connectivity index (χ1v) is 15.8. The first kappa shape index (κ1) is 32.8. The minimum atomic E-state index is -0.462. The number of nitro groups is 1. The number of halogens is 1. The number of carbonyl (C=O) groups is 2. The summed E-state index contributed by atoms with van der Waals surface area (Å²) < 4.78 is 19.1. The molecule has 3 aromatic rings. The molecule has 1 aliphatic carbocycles. The van der Waals surface area contributed by atoms with Crippen LogP contribution in [-0.2, 0) is 11.3 Å². The van der Waals surface area contributed by atoms with Crippen LogP contribution in [0.15, 0.2) is 91.5 Å². The molecule has 1 saturated heterocycles. The van der Waals surface area contributed by atoms with E-state index in [0.29, 0.717) is 29.5 Å². The molecule has 0 spiro atoms. The summed E-state index contributed by atoms with van der Waals surface area (Å²) in [6.45, 7) is 6.80. The molecular weight excluding hydrogens is 587 g/mol. The second-order valence-corrected chi connectivity index (χ2v) is 12.3. The Bertz CT molecular complexity index is 1490. The maximum absolute atomic E-state index is 13.5. The van der Waals surface area contributed by atoms with Crippen molar-refractivity contribution >= 4 is 17.7 Å². The lowest BCUT2D eigenvalue weighted by Crippen LogP contribution is -2.48. The van der Waals surface area contributed by atoms with Gasteiger partial charge in [0.2, 0.25) is 0 Å². The largest absolute Gasteiger partial charge is 0.445 e. The van der Waals surface area contributed by atoms with Crippen molar-refractivity contribution in [2.45, 2.75) is 50.3 Å². The number of carbonyl (C=O) groups excluding carboxylic acids is 2. The molecule has 1 heterocycles. The maximum Gasteiger partial charge on any atom is 0.410 e. The molecule has 0 aromatic heterocycles. The van der Waals surface area contributed by atoms with Gasteiger partial charge in [0.15, 0.2) is 0 Å². The average Bonchev–Trinajstić information content (AvgIpc) is 3.50. The molecule has 1 aliphatic heterocycles. The smallest absolute Gasteiger partial charge is 0.410 e. The number of ether oxygens (including phenoxy) is 1. The number of non-ortho nitro benzene ring substituents is 1. The van der Waals surface area contributed by atoms with Crippen LogP contribution < -0.4 is 0 Å². The maximum atomic E-state index is 13.5. The Morgan fingerprint density at radius 3 is 2.30 bits per heavy atom. The number of hydrogen-bond acceptors (Lipinski definition) is 6. The Balaban J connectivity index is 1.19. The molecule has 3 atom stereocenters. The van der Waals surface area contributed by atoms with Gasteiger partial charge in [-0.2, -0.15) is 0 Å². The number of likely N-dealkylation sites (tertiary alicyclic amines) is 1. The van der Waals surface area contributed by atoms with Crippen LogP contribution in [0.2, 0.25) is 0 Å². The van der Waals surface area contributed by atoms with Crippen LogP contribution in [0.4, 0.5) is 14.9 Å². The van der Waals surface area contributed by atoms with Crippen molar-refractivity contribution in [1.82, 2.24) is 14.7 Å². The quantitative estimate of drug-likeness (QED) is 0.134. The molecule has 10 heteroatoms. The fraction of sp³-hybridized carbons (Fsp3) is 0.389. The lowest BCUT2D eigenvalue weighted by molar-refractivity contribution is -0.384. The topological polar surface area (TPSA) is 96.2 Å². The van der Waals surface area contributed by atoms with Gasteiger partial charge in [-0.25, -0.2) is 9.18 Å². The molecule has 9 nitrogen and oxygen atoms in total. The van der Waals surface area contributed by atoms with Crippen LogP contribution >= 0.6 is 0 Å². The van der Waals surface area contributed by atoms with Crippen molar-refractivity contribution in [3.63, 3.8) is 0 Å². The molecule has 3 aromatic carbocycles. The highest BCUT2D eigenvalue weighted by molar-refractivity contribution is 5.94. The summed E-state index contributed by atoms with van der Waals surface area (Å²) in [5.74, 6) is 0.197. The van der Waals surface area contributed by atoms with Crippen molar-refractivity contribution in [2.24, 2.45) is 5.92 Å². The molecule has 46 heavy (non-hydrogen) atoms. The molecule has 242 valence electrons. The summed E-state index contributed by atoms with van der Waals surface area (Å²) in [6.07, 6.45) is 4.62. The van der Waals surface area contributed by atoms with E-state index >= 15 is 0 Å². The third-order valence-electron chi connectivity index (χ3n) is 9.42. The van der Waals surface area contributed by atoms with Gasteiger partial charge in [0.25, 0.3) is 11.6 Å².